The maximum absolute atomic E-state index is 12.8. The molecule has 2 aromatic carbocycles. The average molecular weight is 429 g/mol. The minimum Gasteiger partial charge on any atom is -0.479 e. The summed E-state index contributed by atoms with van der Waals surface area (Å²) in [6, 6.07) is 12.6. The van der Waals surface area contributed by atoms with Gasteiger partial charge in [-0.2, -0.15) is 0 Å². The lowest BCUT2D eigenvalue weighted by Gasteiger charge is -2.14. The Morgan fingerprint density at radius 3 is 2.28 bits per heavy atom. The van der Waals surface area contributed by atoms with E-state index in [9.17, 15) is 14.4 Å². The third-order valence-electron chi connectivity index (χ3n) is 4.00. The van der Waals surface area contributed by atoms with Gasteiger partial charge in [0.2, 0.25) is 0 Å². The fourth-order valence-corrected chi connectivity index (χ4v) is 3.79. The van der Waals surface area contributed by atoms with Crippen LogP contribution < -0.4 is 9.64 Å². The molecule has 1 aliphatic heterocycles. The van der Waals surface area contributed by atoms with Gasteiger partial charge < -0.3 is 14.9 Å². The fraction of sp³-hybridized carbons (Fsp3) is 0.100. The molecule has 1 saturated heterocycles. The van der Waals surface area contributed by atoms with Gasteiger partial charge in [-0.05, 0) is 55.0 Å². The first kappa shape index (κ1) is 20.6. The summed E-state index contributed by atoms with van der Waals surface area (Å²) >= 11 is 6.45. The van der Waals surface area contributed by atoms with Gasteiger partial charge >= 0.3 is 11.9 Å². The van der Waals surface area contributed by atoms with Crippen molar-refractivity contribution < 1.29 is 29.3 Å². The molecule has 9 heteroatoms. The normalized spacial score (nSPS) is 16.2. The minimum atomic E-state index is -1.06. The smallest absolute Gasteiger partial charge is 0.344 e. The van der Waals surface area contributed by atoms with E-state index >= 15 is 0 Å². The highest BCUT2D eigenvalue weighted by atomic mass is 32.2. The third kappa shape index (κ3) is 4.64. The first-order chi connectivity index (χ1) is 13.8. The van der Waals surface area contributed by atoms with Crippen molar-refractivity contribution in [2.75, 3.05) is 4.90 Å². The Labute approximate surface area is 175 Å². The highest BCUT2D eigenvalue weighted by Gasteiger charge is 2.33. The van der Waals surface area contributed by atoms with Gasteiger partial charge in [-0.1, -0.05) is 36.1 Å². The molecule has 148 valence electrons. The monoisotopic (exact) mass is 429 g/mol. The number of hydrogen-bond acceptors (Lipinski definition) is 6. The second-order valence-electron chi connectivity index (χ2n) is 6.04. The van der Waals surface area contributed by atoms with Crippen LogP contribution >= 0.6 is 24.0 Å². The molecule has 2 aromatic rings. The molecule has 0 saturated carbocycles. The topological polar surface area (TPSA) is 104 Å². The average Bonchev–Trinajstić information content (AvgIpc) is 2.96. The largest absolute Gasteiger partial charge is 0.479 e. The van der Waals surface area contributed by atoms with Crippen LogP contribution in [0.5, 0.6) is 5.75 Å². The molecular weight excluding hydrogens is 414 g/mol. The van der Waals surface area contributed by atoms with Gasteiger partial charge in [0.05, 0.1) is 16.2 Å². The number of carboxylic acid groups (broad SMARTS) is 2. The van der Waals surface area contributed by atoms with Crippen LogP contribution in [0, 0.1) is 0 Å². The van der Waals surface area contributed by atoms with Crippen molar-refractivity contribution in [2.24, 2.45) is 0 Å². The lowest BCUT2D eigenvalue weighted by molar-refractivity contribution is -0.144. The summed E-state index contributed by atoms with van der Waals surface area (Å²) in [5, 5.41) is 17.9. The lowest BCUT2D eigenvalue weighted by atomic mass is 10.2. The number of amides is 1. The number of aliphatic carboxylic acids is 1. The van der Waals surface area contributed by atoms with Crippen LogP contribution in [0.4, 0.5) is 5.69 Å². The molecule has 0 aliphatic carbocycles. The highest BCUT2D eigenvalue weighted by molar-refractivity contribution is 8.27. The summed E-state index contributed by atoms with van der Waals surface area (Å²) in [6.45, 7) is 1.44. The van der Waals surface area contributed by atoms with Gasteiger partial charge in [-0.15, -0.1) is 0 Å². The van der Waals surface area contributed by atoms with Crippen molar-refractivity contribution >= 4 is 57.9 Å². The number of rotatable bonds is 6. The Balaban J connectivity index is 1.77. The molecule has 1 heterocycles. The van der Waals surface area contributed by atoms with Crippen LogP contribution in [0.2, 0.25) is 0 Å². The number of carboxylic acids is 2. The number of nitrogens with zero attached hydrogens (tertiary/aromatic N) is 1. The molecule has 29 heavy (non-hydrogen) atoms. The molecule has 1 atom stereocenters. The number of thioether (sulfide) groups is 1. The second-order valence-corrected chi connectivity index (χ2v) is 7.71. The van der Waals surface area contributed by atoms with Crippen molar-refractivity contribution in [1.82, 2.24) is 0 Å². The molecule has 7 nitrogen and oxygen atoms in total. The first-order valence-corrected chi connectivity index (χ1v) is 9.59. The van der Waals surface area contributed by atoms with Crippen molar-refractivity contribution in [3.05, 3.63) is 64.6 Å². The molecule has 0 aromatic heterocycles. The number of ether oxygens (including phenoxy) is 1. The fourth-order valence-electron chi connectivity index (χ4n) is 2.49. The molecular formula is C20H15NO6S2. The number of benzene rings is 2. The summed E-state index contributed by atoms with van der Waals surface area (Å²) in [7, 11) is 0. The predicted octanol–water partition coefficient (Wildman–Crippen LogP) is 3.64. The first-order valence-electron chi connectivity index (χ1n) is 8.37. The summed E-state index contributed by atoms with van der Waals surface area (Å²) in [4.78, 5) is 36.4. The molecule has 1 fully saturated rings. The number of carbonyl (C=O) groups is 3. The van der Waals surface area contributed by atoms with Gasteiger partial charge in [0.25, 0.3) is 5.91 Å². The Hall–Kier alpha value is -3.17. The number of hydrogen-bond donors (Lipinski definition) is 2. The van der Waals surface area contributed by atoms with E-state index in [1.165, 1.54) is 36.1 Å². The van der Waals surface area contributed by atoms with E-state index in [1.54, 1.807) is 30.3 Å². The third-order valence-corrected chi connectivity index (χ3v) is 5.31. The van der Waals surface area contributed by atoms with Gasteiger partial charge in [-0.3, -0.25) is 9.69 Å². The number of anilines is 1. The van der Waals surface area contributed by atoms with Crippen molar-refractivity contribution in [3.63, 3.8) is 0 Å². The number of aromatic carboxylic acids is 1. The maximum atomic E-state index is 12.8. The standard InChI is InChI=1S/C20H15NO6S2/c1-11(18(23)24)27-15-8-2-12(3-9-15)10-16-17(22)21(20(28)29-16)14-6-4-13(5-7-14)19(25)26/h2-11H,1H3,(H,23,24)(H,25,26)/b16-10-. The van der Waals surface area contributed by atoms with Crippen LogP contribution in [0.1, 0.15) is 22.8 Å². The van der Waals surface area contributed by atoms with Crippen LogP contribution in [0.25, 0.3) is 6.08 Å². The zero-order chi connectivity index (χ0) is 21.1. The number of carbonyl (C=O) groups excluding carboxylic acids is 1. The zero-order valence-electron chi connectivity index (χ0n) is 15.1. The molecule has 1 aliphatic rings. The van der Waals surface area contributed by atoms with E-state index in [4.69, 9.17) is 27.2 Å². The van der Waals surface area contributed by atoms with E-state index in [2.05, 4.69) is 0 Å². The summed E-state index contributed by atoms with van der Waals surface area (Å²) in [5.74, 6) is -2.01. The Kier molecular flexibility index (Phi) is 6.00. The van der Waals surface area contributed by atoms with Gasteiger partial charge in [0.15, 0.2) is 10.4 Å². The second kappa shape index (κ2) is 8.46. The molecule has 2 N–H and O–H groups in total. The molecule has 1 amide bonds. The highest BCUT2D eigenvalue weighted by Crippen LogP contribution is 2.36. The van der Waals surface area contributed by atoms with Crippen molar-refractivity contribution in [3.8, 4) is 5.75 Å². The SMILES string of the molecule is CC(Oc1ccc(/C=C2\SC(=S)N(c3ccc(C(=O)O)cc3)C2=O)cc1)C(=O)O. The predicted molar refractivity (Wildman–Crippen MR) is 113 cm³/mol. The summed E-state index contributed by atoms with van der Waals surface area (Å²) in [6.07, 6.45) is 0.708. The Morgan fingerprint density at radius 2 is 1.72 bits per heavy atom. The van der Waals surface area contributed by atoms with E-state index in [0.29, 0.717) is 20.7 Å². The van der Waals surface area contributed by atoms with Gasteiger partial charge in [-0.25, -0.2) is 9.59 Å². The molecule has 3 rings (SSSR count). The minimum absolute atomic E-state index is 0.120. The van der Waals surface area contributed by atoms with Crippen molar-refractivity contribution in [1.29, 1.82) is 0 Å². The van der Waals surface area contributed by atoms with E-state index in [0.717, 1.165) is 17.3 Å². The molecule has 0 radical (unpaired) electrons. The van der Waals surface area contributed by atoms with Crippen molar-refractivity contribution in [2.45, 2.75) is 13.0 Å². The van der Waals surface area contributed by atoms with E-state index < -0.39 is 18.0 Å². The molecule has 0 bridgehead atoms. The molecule has 1 unspecified atom stereocenters. The van der Waals surface area contributed by atoms with Gasteiger partial charge in [0, 0.05) is 0 Å². The Morgan fingerprint density at radius 1 is 1.10 bits per heavy atom. The maximum Gasteiger partial charge on any atom is 0.344 e. The Bertz CT molecular complexity index is 1010. The molecule has 0 spiro atoms. The van der Waals surface area contributed by atoms with Crippen LogP contribution in [-0.4, -0.2) is 38.5 Å². The van der Waals surface area contributed by atoms with Crippen LogP contribution in [0.15, 0.2) is 53.4 Å². The van der Waals surface area contributed by atoms with Crippen LogP contribution in [0.3, 0.4) is 0 Å². The van der Waals surface area contributed by atoms with E-state index in [-0.39, 0.29) is 11.5 Å². The lowest BCUT2D eigenvalue weighted by Crippen LogP contribution is -2.27. The quantitative estimate of drug-likeness (QED) is 0.530. The van der Waals surface area contributed by atoms with E-state index in [1.807, 2.05) is 0 Å². The van der Waals surface area contributed by atoms with Crippen LogP contribution in [-0.2, 0) is 9.59 Å². The van der Waals surface area contributed by atoms with Gasteiger partial charge in [0.1, 0.15) is 5.75 Å². The summed E-state index contributed by atoms with van der Waals surface area (Å²) < 4.78 is 5.62. The number of thiocarbonyl (C=S) groups is 1. The summed E-state index contributed by atoms with van der Waals surface area (Å²) in [5.41, 5.74) is 1.34. The zero-order valence-corrected chi connectivity index (χ0v) is 16.7.